The van der Waals surface area contributed by atoms with Crippen molar-refractivity contribution in [2.75, 3.05) is 0 Å². The molecular weight excluding hydrogens is 497 g/mol. The number of rotatable bonds is 7. The van der Waals surface area contributed by atoms with E-state index >= 15 is 0 Å². The zero-order valence-electron chi connectivity index (χ0n) is 25.1. The van der Waals surface area contributed by atoms with Crippen LogP contribution in [0, 0.1) is 23.7 Å². The first-order valence-electron chi connectivity index (χ1n) is 18.2. The van der Waals surface area contributed by atoms with Crippen molar-refractivity contribution >= 4 is 22.7 Å². The molecule has 6 rings (SSSR count). The second-order valence-corrected chi connectivity index (χ2v) is 19.5. The number of hydrogen-bond acceptors (Lipinski definition) is 1. The van der Waals surface area contributed by atoms with E-state index in [0.717, 1.165) is 60.8 Å². The molecule has 0 amide bonds. The summed E-state index contributed by atoms with van der Waals surface area (Å²) in [4.78, 5) is 0. The van der Waals surface area contributed by atoms with Crippen LogP contribution < -0.4 is 0 Å². The Kier molecular flexibility index (Phi) is 11.2. The van der Waals surface area contributed by atoms with E-state index in [-0.39, 0.29) is 0 Å². The van der Waals surface area contributed by atoms with Gasteiger partial charge >= 0.3 is 0 Å². The van der Waals surface area contributed by atoms with Crippen LogP contribution in [0.2, 0.25) is 0 Å². The summed E-state index contributed by atoms with van der Waals surface area (Å²) in [5, 5.41) is 5.42. The molecule has 0 bridgehead atoms. The summed E-state index contributed by atoms with van der Waals surface area (Å²) < 4.78 is 0. The molecule has 6 saturated carbocycles. The van der Waals surface area contributed by atoms with Crippen LogP contribution in [0.15, 0.2) is 0 Å². The lowest BCUT2D eigenvalue weighted by Crippen LogP contribution is -2.44. The van der Waals surface area contributed by atoms with Gasteiger partial charge < -0.3 is 0 Å². The van der Waals surface area contributed by atoms with E-state index in [0.29, 0.717) is 0 Å². The highest BCUT2D eigenvalue weighted by Crippen LogP contribution is 2.48. The molecule has 0 aliphatic heterocycles. The van der Waals surface area contributed by atoms with Gasteiger partial charge in [0.1, 0.15) is 15.7 Å². The smallest absolute Gasteiger partial charge is 0.118 e. The van der Waals surface area contributed by atoms with Gasteiger partial charge in [-0.3, -0.25) is 0 Å². The Bertz CT molecular complexity index is 631. The Labute approximate surface area is 245 Å². The maximum Gasteiger partial charge on any atom is 0.118 e. The van der Waals surface area contributed by atoms with Crippen LogP contribution in [0.1, 0.15) is 173 Å². The molecule has 0 aromatic heterocycles. The van der Waals surface area contributed by atoms with Crippen LogP contribution >= 0.6 is 11.8 Å². The summed E-state index contributed by atoms with van der Waals surface area (Å²) in [7, 11) is 0.773. The third kappa shape index (κ3) is 7.55. The summed E-state index contributed by atoms with van der Waals surface area (Å²) >= 11 is 2.50. The average molecular weight is 560 g/mol. The summed E-state index contributed by atoms with van der Waals surface area (Å²) in [6.07, 6.45) is 42.4. The van der Waals surface area contributed by atoms with Crippen LogP contribution in [0.25, 0.3) is 0 Å². The van der Waals surface area contributed by atoms with E-state index in [9.17, 15) is 0 Å². The molecule has 0 N–H and O–H groups in total. The van der Waals surface area contributed by atoms with Crippen LogP contribution in [0.3, 0.4) is 0 Å². The largest absolute Gasteiger partial charge is 0.155 e. The fraction of sp³-hybridized carbons (Fsp3) is 1.00. The van der Waals surface area contributed by atoms with E-state index in [2.05, 4.69) is 11.8 Å². The normalized spacial score (nSPS) is 39.4. The molecule has 6 aliphatic carbocycles. The first-order chi connectivity index (χ1) is 18.8. The summed E-state index contributed by atoms with van der Waals surface area (Å²) in [5.41, 5.74) is 0. The van der Waals surface area contributed by atoms with Gasteiger partial charge in [-0.15, -0.1) is 0 Å². The lowest BCUT2D eigenvalue weighted by atomic mass is 9.66. The molecule has 0 heterocycles. The van der Waals surface area contributed by atoms with E-state index in [4.69, 9.17) is 0 Å². The molecule has 0 aromatic rings. The Balaban J connectivity index is 0.916. The quantitative estimate of drug-likeness (QED) is 0.279. The SMILES string of the molecule is C1CCC(C2CCC(C3CCC(SC4CCC([S+](C5CCCCC5)C5CCCCC5)CC4)CC3)CC2)CC1. The number of hydrogen-bond donors (Lipinski definition) is 0. The second-order valence-electron chi connectivity index (χ2n) is 15.1. The minimum atomic E-state index is 0.773. The van der Waals surface area contributed by atoms with Crippen LogP contribution in [-0.2, 0) is 10.9 Å². The van der Waals surface area contributed by atoms with Crippen molar-refractivity contribution in [3.63, 3.8) is 0 Å². The van der Waals surface area contributed by atoms with Gasteiger partial charge in [-0.25, -0.2) is 0 Å². The molecule has 0 radical (unpaired) electrons. The molecule has 0 aromatic carbocycles. The van der Waals surface area contributed by atoms with Gasteiger partial charge in [0.25, 0.3) is 0 Å². The molecule has 0 saturated heterocycles. The Morgan fingerprint density at radius 3 is 1.05 bits per heavy atom. The van der Waals surface area contributed by atoms with Crippen molar-refractivity contribution in [1.29, 1.82) is 0 Å². The van der Waals surface area contributed by atoms with Crippen LogP contribution in [-0.4, -0.2) is 26.2 Å². The molecule has 218 valence electrons. The molecule has 0 atom stereocenters. The van der Waals surface area contributed by atoms with Crippen molar-refractivity contribution in [2.24, 2.45) is 23.7 Å². The molecule has 6 fully saturated rings. The molecule has 0 spiro atoms. The maximum atomic E-state index is 2.50. The topological polar surface area (TPSA) is 0 Å². The highest BCUT2D eigenvalue weighted by Gasteiger charge is 2.46. The van der Waals surface area contributed by atoms with E-state index in [1.807, 2.05) is 0 Å². The van der Waals surface area contributed by atoms with E-state index in [1.165, 1.54) is 32.1 Å². The van der Waals surface area contributed by atoms with Crippen LogP contribution in [0.4, 0.5) is 0 Å². The predicted octanol–water partition coefficient (Wildman–Crippen LogP) is 11.3. The predicted molar refractivity (Wildman–Crippen MR) is 173 cm³/mol. The first kappa shape index (κ1) is 28.8. The fourth-order valence-corrected chi connectivity index (χ4v) is 16.4. The monoisotopic (exact) mass is 559 g/mol. The van der Waals surface area contributed by atoms with Gasteiger partial charge in [0, 0.05) is 10.5 Å². The van der Waals surface area contributed by atoms with Gasteiger partial charge in [-0.1, -0.05) is 44.9 Å². The van der Waals surface area contributed by atoms with Crippen molar-refractivity contribution in [1.82, 2.24) is 0 Å². The Hall–Kier alpha value is 0.700. The number of thioether (sulfide) groups is 1. The molecule has 2 heteroatoms. The summed E-state index contributed by atoms with van der Waals surface area (Å²) in [6.45, 7) is 0. The minimum absolute atomic E-state index is 0.773. The first-order valence-corrected chi connectivity index (χ1v) is 20.6. The Morgan fingerprint density at radius 2 is 0.605 bits per heavy atom. The lowest BCUT2D eigenvalue weighted by molar-refractivity contribution is 0.124. The van der Waals surface area contributed by atoms with Crippen LogP contribution in [0.5, 0.6) is 0 Å². The van der Waals surface area contributed by atoms with E-state index < -0.39 is 0 Å². The molecule has 0 nitrogen and oxygen atoms in total. The molecular formula is C36H63S2+. The average Bonchev–Trinajstić information content (AvgIpc) is 3.00. The highest BCUT2D eigenvalue weighted by molar-refractivity contribution is 8.00. The lowest BCUT2D eigenvalue weighted by Gasteiger charge is -2.41. The van der Waals surface area contributed by atoms with Gasteiger partial charge in [-0.05, 0) is 163 Å². The van der Waals surface area contributed by atoms with Gasteiger partial charge in [0.05, 0.1) is 0 Å². The zero-order chi connectivity index (χ0) is 25.6. The standard InChI is InChI=1S/C36H63S2/c1-4-10-28(11-5-1)29-16-18-30(19-17-29)31-20-22-32(23-21-31)37-33-24-26-36(27-25-33)38(34-12-6-2-7-13-34)35-14-8-3-9-15-35/h28-36H,1-27H2/q+1. The van der Waals surface area contributed by atoms with Crippen molar-refractivity contribution in [3.05, 3.63) is 0 Å². The van der Waals surface area contributed by atoms with Crippen molar-refractivity contribution < 1.29 is 0 Å². The highest BCUT2D eigenvalue weighted by atomic mass is 32.2. The third-order valence-corrected chi connectivity index (χ3v) is 18.2. The third-order valence-electron chi connectivity index (χ3n) is 12.8. The second kappa shape index (κ2) is 14.7. The Morgan fingerprint density at radius 1 is 0.289 bits per heavy atom. The van der Waals surface area contributed by atoms with Crippen molar-refractivity contribution in [2.45, 2.75) is 200 Å². The van der Waals surface area contributed by atoms with Crippen molar-refractivity contribution in [3.8, 4) is 0 Å². The molecule has 38 heavy (non-hydrogen) atoms. The molecule has 6 aliphatic rings. The fourth-order valence-electron chi connectivity index (χ4n) is 10.6. The minimum Gasteiger partial charge on any atom is -0.155 e. The molecule has 0 unspecified atom stereocenters. The summed E-state index contributed by atoms with van der Waals surface area (Å²) in [5.74, 6) is 4.44. The van der Waals surface area contributed by atoms with Gasteiger partial charge in [-0.2, -0.15) is 11.8 Å². The summed E-state index contributed by atoms with van der Waals surface area (Å²) in [6, 6.07) is 0. The van der Waals surface area contributed by atoms with Gasteiger partial charge in [0.2, 0.25) is 0 Å². The van der Waals surface area contributed by atoms with E-state index in [1.54, 1.807) is 141 Å². The van der Waals surface area contributed by atoms with Gasteiger partial charge in [0.15, 0.2) is 0 Å². The maximum absolute atomic E-state index is 2.50. The zero-order valence-corrected chi connectivity index (χ0v) is 26.7.